The van der Waals surface area contributed by atoms with Gasteiger partial charge in [-0.05, 0) is 12.8 Å². The fourth-order valence-corrected chi connectivity index (χ4v) is 1.05. The van der Waals surface area contributed by atoms with E-state index in [2.05, 4.69) is 13.8 Å². The van der Waals surface area contributed by atoms with Crippen LogP contribution in [0.1, 0.15) is 65.2 Å². The molecule has 0 rings (SSSR count). The van der Waals surface area contributed by atoms with Crippen LogP contribution in [0.5, 0.6) is 0 Å². The molecule has 0 unspecified atom stereocenters. The third-order valence-electron chi connectivity index (χ3n) is 1.99. The first kappa shape index (κ1) is 42.9. The second kappa shape index (κ2) is 36.9. The quantitative estimate of drug-likeness (QED) is 0.258. The Kier molecular flexibility index (Phi) is 75.3. The minimum absolute atomic E-state index is 0. The molecule has 136 valence electrons. The third kappa shape index (κ3) is 64.5. The second-order valence-corrected chi connectivity index (χ2v) is 3.70. The summed E-state index contributed by atoms with van der Waals surface area (Å²) in [6.45, 7) is 4.11. The molecule has 0 aromatic rings. The van der Waals surface area contributed by atoms with Crippen LogP contribution in [0.3, 0.4) is 0 Å². The zero-order valence-corrected chi connectivity index (χ0v) is 16.6. The van der Waals surface area contributed by atoms with Crippen molar-refractivity contribution < 1.29 is 65.7 Å². The molecule has 0 bridgehead atoms. The summed E-state index contributed by atoms with van der Waals surface area (Å²) in [7, 11) is 0. The minimum atomic E-state index is -0.682. The van der Waals surface area contributed by atoms with E-state index in [9.17, 15) is 9.59 Å². The summed E-state index contributed by atoms with van der Waals surface area (Å²) in [5, 5.41) is 16.3. The molecule has 0 radical (unpaired) electrons. The van der Waals surface area contributed by atoms with Crippen molar-refractivity contribution in [2.24, 2.45) is 0 Å². The van der Waals surface area contributed by atoms with Gasteiger partial charge in [0.15, 0.2) is 0 Å². The van der Waals surface area contributed by atoms with Gasteiger partial charge in [-0.2, -0.15) is 0 Å². The average Bonchev–Trinajstić information content (AvgIpc) is 2.18. The number of hydrogen-bond donors (Lipinski definition) is 4. The first-order valence-electron chi connectivity index (χ1n) is 5.98. The molecule has 0 aromatic carbocycles. The van der Waals surface area contributed by atoms with E-state index < -0.39 is 11.9 Å². The van der Waals surface area contributed by atoms with Gasteiger partial charge in [-0.1, -0.05) is 39.5 Å². The molecular weight excluding hydrogens is 502 g/mol. The van der Waals surface area contributed by atoms with Crippen molar-refractivity contribution in [3.05, 3.63) is 0 Å². The Balaban J connectivity index is -0.0000000302. The first-order valence-corrected chi connectivity index (χ1v) is 5.98. The van der Waals surface area contributed by atoms with E-state index in [1.54, 1.807) is 0 Å². The smallest absolute Gasteiger partial charge is 1.00 e. The van der Waals surface area contributed by atoms with Crippen molar-refractivity contribution in [2.75, 3.05) is 0 Å². The van der Waals surface area contributed by atoms with Crippen LogP contribution in [0.4, 0.5) is 0 Å². The Hall–Kier alpha value is 0.128. The van der Waals surface area contributed by atoms with Crippen LogP contribution in [-0.2, 0) is 30.7 Å². The number of unbranched alkanes of at least 4 members (excludes halogenated alkanes) is 4. The van der Waals surface area contributed by atoms with Crippen LogP contribution < -0.4 is 37.1 Å². The summed E-state index contributed by atoms with van der Waals surface area (Å²) >= 11 is 0. The van der Waals surface area contributed by atoms with E-state index >= 15 is 0 Å². The van der Waals surface area contributed by atoms with Gasteiger partial charge in [0.05, 0.1) is 0 Å². The molecule has 0 aliphatic carbocycles. The van der Waals surface area contributed by atoms with E-state index in [1.807, 2.05) is 0 Å². The zero-order valence-electron chi connectivity index (χ0n) is 12.9. The van der Waals surface area contributed by atoms with Crippen molar-refractivity contribution in [3.63, 3.8) is 0 Å². The van der Waals surface area contributed by atoms with Gasteiger partial charge in [0.1, 0.15) is 0 Å². The molecule has 0 aromatic heterocycles. The van der Waals surface area contributed by atoms with Crippen molar-refractivity contribution in [2.45, 2.75) is 65.2 Å². The van der Waals surface area contributed by atoms with Gasteiger partial charge in [0, 0.05) is 12.8 Å². The first-order chi connectivity index (χ1) is 7.54. The molecule has 0 spiro atoms. The number of carboxylic acid groups (broad SMARTS) is 2. The topological polar surface area (TPSA) is 145 Å². The number of carbonyl (C=O) groups is 2. The monoisotopic (exact) mass is 531 g/mol. The molecule has 0 fully saturated rings. The summed E-state index contributed by atoms with van der Waals surface area (Å²) in [5.41, 5.74) is 0. The SMILES string of the molecule is CCCCCC(=O)O.CCCCCC(=O)O.N.N.[Cl-].[Cl-].[Pt+2]. The van der Waals surface area contributed by atoms with E-state index in [-0.39, 0.29) is 58.2 Å². The average molecular weight is 532 g/mol. The second-order valence-electron chi connectivity index (χ2n) is 3.70. The molecule has 8 N–H and O–H groups in total. The minimum Gasteiger partial charge on any atom is -1.00 e. The third-order valence-corrected chi connectivity index (χ3v) is 1.99. The predicted octanol–water partition coefficient (Wildman–Crippen LogP) is -2.37. The van der Waals surface area contributed by atoms with E-state index in [0.717, 1.165) is 38.5 Å². The number of rotatable bonds is 8. The van der Waals surface area contributed by atoms with Gasteiger partial charge >= 0.3 is 33.0 Å². The van der Waals surface area contributed by atoms with Crippen molar-refractivity contribution >= 4 is 11.9 Å². The van der Waals surface area contributed by atoms with E-state index in [0.29, 0.717) is 12.8 Å². The summed E-state index contributed by atoms with van der Waals surface area (Å²) < 4.78 is 0. The van der Waals surface area contributed by atoms with Crippen LogP contribution in [-0.4, -0.2) is 22.2 Å². The number of hydrogen-bond acceptors (Lipinski definition) is 4. The molecule has 0 saturated carbocycles. The maximum absolute atomic E-state index is 9.87. The Morgan fingerprint density at radius 1 is 0.714 bits per heavy atom. The van der Waals surface area contributed by atoms with Crippen LogP contribution in [0.2, 0.25) is 0 Å². The Labute approximate surface area is 155 Å². The van der Waals surface area contributed by atoms with Crippen molar-refractivity contribution in [3.8, 4) is 0 Å². The fraction of sp³-hybridized carbons (Fsp3) is 0.833. The van der Waals surface area contributed by atoms with Crippen LogP contribution >= 0.6 is 0 Å². The summed E-state index contributed by atoms with van der Waals surface area (Å²) in [6.07, 6.45) is 6.55. The molecule has 0 amide bonds. The van der Waals surface area contributed by atoms with Crippen LogP contribution in [0, 0.1) is 0 Å². The predicted molar refractivity (Wildman–Crippen MR) is 73.6 cm³/mol. The Morgan fingerprint density at radius 2 is 0.952 bits per heavy atom. The molecule has 6 nitrogen and oxygen atoms in total. The van der Waals surface area contributed by atoms with Gasteiger partial charge in [0.25, 0.3) is 0 Å². The maximum Gasteiger partial charge on any atom is 2.00 e. The fourth-order valence-electron chi connectivity index (χ4n) is 1.05. The van der Waals surface area contributed by atoms with Gasteiger partial charge in [0.2, 0.25) is 0 Å². The summed E-state index contributed by atoms with van der Waals surface area (Å²) in [5.74, 6) is -1.36. The van der Waals surface area contributed by atoms with Crippen LogP contribution in [0.25, 0.3) is 0 Å². The molecule has 0 aliphatic rings. The molecule has 0 atom stereocenters. The van der Waals surface area contributed by atoms with Gasteiger partial charge in [-0.3, -0.25) is 9.59 Å². The summed E-state index contributed by atoms with van der Waals surface area (Å²) in [4.78, 5) is 19.7. The maximum atomic E-state index is 9.87. The molecular formula is C12H30Cl2N2O4Pt. The number of aliphatic carboxylic acids is 2. The molecule has 21 heavy (non-hydrogen) atoms. The van der Waals surface area contributed by atoms with Gasteiger partial charge in [-0.15, -0.1) is 0 Å². The molecule has 0 aliphatic heterocycles. The normalized spacial score (nSPS) is 6.95. The Morgan fingerprint density at radius 3 is 1.10 bits per heavy atom. The number of carboxylic acids is 2. The summed E-state index contributed by atoms with van der Waals surface area (Å²) in [6, 6.07) is 0. The zero-order chi connectivity index (χ0) is 12.8. The largest absolute Gasteiger partial charge is 2.00 e. The van der Waals surface area contributed by atoms with Gasteiger partial charge in [-0.25, -0.2) is 0 Å². The van der Waals surface area contributed by atoms with E-state index in [1.165, 1.54) is 0 Å². The van der Waals surface area contributed by atoms with Crippen LogP contribution in [0.15, 0.2) is 0 Å². The molecule has 9 heteroatoms. The standard InChI is InChI=1S/2C6H12O2.2ClH.2H3N.Pt/c2*1-2-3-4-5-6(7)8;;;;;/h2*2-5H2,1H3,(H,7,8);2*1H;2*1H3;/q;;;;;;+2/p-2. The van der Waals surface area contributed by atoms with Gasteiger partial charge < -0.3 is 47.3 Å². The van der Waals surface area contributed by atoms with Crippen molar-refractivity contribution in [1.29, 1.82) is 0 Å². The molecule has 0 saturated heterocycles. The number of halogens is 2. The van der Waals surface area contributed by atoms with E-state index in [4.69, 9.17) is 10.2 Å². The molecule has 0 heterocycles. The van der Waals surface area contributed by atoms with Crippen molar-refractivity contribution in [1.82, 2.24) is 12.3 Å². The Bertz CT molecular complexity index is 182.